The summed E-state index contributed by atoms with van der Waals surface area (Å²) in [5.74, 6) is 0. The van der Waals surface area contributed by atoms with Crippen LogP contribution in [0.3, 0.4) is 0 Å². The highest BCUT2D eigenvalue weighted by molar-refractivity contribution is 5.57. The van der Waals surface area contributed by atoms with E-state index in [1.165, 1.54) is 0 Å². The lowest BCUT2D eigenvalue weighted by molar-refractivity contribution is -0.296. The highest BCUT2D eigenvalue weighted by atomic mass is 16.7. The van der Waals surface area contributed by atoms with Crippen molar-refractivity contribution in [2.75, 3.05) is 6.61 Å². The van der Waals surface area contributed by atoms with Crippen molar-refractivity contribution in [2.24, 2.45) is 0 Å². The highest BCUT2D eigenvalue weighted by Crippen LogP contribution is 2.30. The van der Waals surface area contributed by atoms with Crippen molar-refractivity contribution >= 4 is 6.29 Å². The Morgan fingerprint density at radius 3 is 2.53 bits per heavy atom. The van der Waals surface area contributed by atoms with Gasteiger partial charge in [0.25, 0.3) is 0 Å². The average molecular weight is 268 g/mol. The molecule has 19 heavy (non-hydrogen) atoms. The second-order valence-corrected chi connectivity index (χ2v) is 4.32. The molecule has 1 fully saturated rings. The summed E-state index contributed by atoms with van der Waals surface area (Å²) in [6, 6.07) is 8.86. The zero-order valence-corrected chi connectivity index (χ0v) is 10.1. The third-order valence-electron chi connectivity index (χ3n) is 3.01. The summed E-state index contributed by atoms with van der Waals surface area (Å²) < 4.78 is 10.8. The first-order valence-corrected chi connectivity index (χ1v) is 5.95. The maximum absolute atomic E-state index is 10.9. The van der Waals surface area contributed by atoms with Crippen molar-refractivity contribution in [1.29, 1.82) is 0 Å². The summed E-state index contributed by atoms with van der Waals surface area (Å²) in [7, 11) is 0. The van der Waals surface area contributed by atoms with Crippen LogP contribution in [0.2, 0.25) is 0 Å². The predicted molar refractivity (Wildman–Crippen MR) is 64.1 cm³/mol. The molecule has 0 aliphatic carbocycles. The molecule has 104 valence electrons. The quantitative estimate of drug-likeness (QED) is 0.630. The Balaban J connectivity index is 2.21. The van der Waals surface area contributed by atoms with Crippen LogP contribution in [0.25, 0.3) is 0 Å². The molecule has 6 heteroatoms. The van der Waals surface area contributed by atoms with Crippen LogP contribution < -0.4 is 0 Å². The van der Waals surface area contributed by atoms with Crippen molar-refractivity contribution in [2.45, 2.75) is 30.7 Å². The SMILES string of the molecule is O=CC1OC(c2ccccc2)OC(C(O)CO)C1O. The Bertz CT molecular complexity index is 409. The average Bonchev–Trinajstić information content (AvgIpc) is 2.47. The van der Waals surface area contributed by atoms with Crippen LogP contribution in [0.4, 0.5) is 0 Å². The molecule has 1 aliphatic rings. The summed E-state index contributed by atoms with van der Waals surface area (Å²) >= 11 is 0. The number of benzene rings is 1. The molecule has 5 atom stereocenters. The molecule has 6 nitrogen and oxygen atoms in total. The molecule has 1 aromatic carbocycles. The Morgan fingerprint density at radius 2 is 1.95 bits per heavy atom. The van der Waals surface area contributed by atoms with Crippen molar-refractivity contribution in [3.05, 3.63) is 35.9 Å². The van der Waals surface area contributed by atoms with E-state index in [1.807, 2.05) is 6.07 Å². The fraction of sp³-hybridized carbons (Fsp3) is 0.462. The largest absolute Gasteiger partial charge is 0.394 e. The Hall–Kier alpha value is -1.31. The third kappa shape index (κ3) is 2.99. The first kappa shape index (κ1) is 14.1. The fourth-order valence-electron chi connectivity index (χ4n) is 1.97. The van der Waals surface area contributed by atoms with Crippen molar-refractivity contribution in [3.8, 4) is 0 Å². The monoisotopic (exact) mass is 268 g/mol. The van der Waals surface area contributed by atoms with Gasteiger partial charge in [0, 0.05) is 5.56 Å². The number of aliphatic hydroxyl groups excluding tert-OH is 3. The first-order valence-electron chi connectivity index (χ1n) is 5.95. The molecular formula is C13H16O6. The summed E-state index contributed by atoms with van der Waals surface area (Å²) in [6.07, 6.45) is -5.21. The summed E-state index contributed by atoms with van der Waals surface area (Å²) in [4.78, 5) is 10.9. The second kappa shape index (κ2) is 6.23. The number of carbonyl (C=O) groups is 1. The first-order chi connectivity index (χ1) is 9.17. The molecule has 0 bridgehead atoms. The number of carbonyl (C=O) groups excluding carboxylic acids is 1. The smallest absolute Gasteiger partial charge is 0.185 e. The summed E-state index contributed by atoms with van der Waals surface area (Å²) in [6.45, 7) is -0.575. The van der Waals surface area contributed by atoms with Gasteiger partial charge < -0.3 is 29.6 Å². The lowest BCUT2D eigenvalue weighted by Gasteiger charge is -2.39. The molecule has 0 amide bonds. The van der Waals surface area contributed by atoms with Gasteiger partial charge in [0.05, 0.1) is 6.61 Å². The highest BCUT2D eigenvalue weighted by Gasteiger charge is 2.42. The van der Waals surface area contributed by atoms with Gasteiger partial charge in [-0.3, -0.25) is 0 Å². The molecule has 2 rings (SSSR count). The van der Waals surface area contributed by atoms with Crippen molar-refractivity contribution < 1.29 is 29.6 Å². The molecule has 3 N–H and O–H groups in total. The van der Waals surface area contributed by atoms with Crippen LogP contribution in [0.5, 0.6) is 0 Å². The molecule has 0 radical (unpaired) electrons. The lowest BCUT2D eigenvalue weighted by Crippen LogP contribution is -2.53. The molecule has 0 spiro atoms. The lowest BCUT2D eigenvalue weighted by atomic mass is 10.0. The van der Waals surface area contributed by atoms with E-state index in [2.05, 4.69) is 0 Å². The number of rotatable bonds is 4. The summed E-state index contributed by atoms with van der Waals surface area (Å²) in [5, 5.41) is 28.4. The van der Waals surface area contributed by atoms with Gasteiger partial charge in [-0.25, -0.2) is 0 Å². The second-order valence-electron chi connectivity index (χ2n) is 4.32. The van der Waals surface area contributed by atoms with Gasteiger partial charge in [-0.2, -0.15) is 0 Å². The number of aliphatic hydroxyl groups is 3. The normalized spacial score (nSPS) is 32.8. The number of hydrogen-bond acceptors (Lipinski definition) is 6. The standard InChI is InChI=1S/C13H16O6/c14-6-9(16)12-11(17)10(7-15)18-13(19-12)8-4-2-1-3-5-8/h1-5,7,9-14,16-17H,6H2. The van der Waals surface area contributed by atoms with E-state index in [1.54, 1.807) is 24.3 Å². The fourth-order valence-corrected chi connectivity index (χ4v) is 1.97. The minimum atomic E-state index is -1.32. The molecule has 1 heterocycles. The van der Waals surface area contributed by atoms with Gasteiger partial charge in [0.1, 0.15) is 24.4 Å². The maximum atomic E-state index is 10.9. The van der Waals surface area contributed by atoms with Crippen LogP contribution in [0.15, 0.2) is 30.3 Å². The van der Waals surface area contributed by atoms with Gasteiger partial charge in [0.2, 0.25) is 0 Å². The molecule has 1 aromatic rings. The molecule has 1 aliphatic heterocycles. The third-order valence-corrected chi connectivity index (χ3v) is 3.01. The number of ether oxygens (including phenoxy) is 2. The zero-order chi connectivity index (χ0) is 13.8. The van der Waals surface area contributed by atoms with Gasteiger partial charge in [-0.1, -0.05) is 30.3 Å². The number of aldehydes is 1. The van der Waals surface area contributed by atoms with E-state index in [0.29, 0.717) is 11.8 Å². The predicted octanol–water partition coefficient (Wildman–Crippen LogP) is -0.618. The number of hydrogen-bond donors (Lipinski definition) is 3. The van der Waals surface area contributed by atoms with Crippen LogP contribution in [0.1, 0.15) is 11.9 Å². The van der Waals surface area contributed by atoms with Crippen LogP contribution in [-0.2, 0) is 14.3 Å². The van der Waals surface area contributed by atoms with Crippen LogP contribution in [-0.4, -0.2) is 52.6 Å². The van der Waals surface area contributed by atoms with Crippen LogP contribution >= 0.6 is 0 Å². The zero-order valence-electron chi connectivity index (χ0n) is 10.1. The van der Waals surface area contributed by atoms with Crippen molar-refractivity contribution in [3.63, 3.8) is 0 Å². The van der Waals surface area contributed by atoms with Gasteiger partial charge in [-0.05, 0) is 0 Å². The van der Waals surface area contributed by atoms with Gasteiger partial charge in [0.15, 0.2) is 12.6 Å². The van der Waals surface area contributed by atoms with Crippen molar-refractivity contribution in [1.82, 2.24) is 0 Å². The topological polar surface area (TPSA) is 96.2 Å². The molecule has 0 saturated carbocycles. The molecular weight excluding hydrogens is 252 g/mol. The van der Waals surface area contributed by atoms with E-state index in [-0.39, 0.29) is 0 Å². The van der Waals surface area contributed by atoms with E-state index in [9.17, 15) is 15.0 Å². The Kier molecular flexibility index (Phi) is 4.62. The van der Waals surface area contributed by atoms with E-state index >= 15 is 0 Å². The Morgan fingerprint density at radius 1 is 1.26 bits per heavy atom. The van der Waals surface area contributed by atoms with Crippen LogP contribution in [0, 0.1) is 0 Å². The molecule has 5 unspecified atom stereocenters. The van der Waals surface area contributed by atoms with E-state index < -0.39 is 37.3 Å². The van der Waals surface area contributed by atoms with E-state index in [4.69, 9.17) is 14.6 Å². The minimum absolute atomic E-state index is 0.459. The summed E-state index contributed by atoms with van der Waals surface area (Å²) in [5.41, 5.74) is 0.663. The maximum Gasteiger partial charge on any atom is 0.185 e. The van der Waals surface area contributed by atoms with E-state index in [0.717, 1.165) is 0 Å². The van der Waals surface area contributed by atoms with Gasteiger partial charge in [-0.15, -0.1) is 0 Å². The minimum Gasteiger partial charge on any atom is -0.394 e. The van der Waals surface area contributed by atoms with Gasteiger partial charge >= 0.3 is 0 Å². The molecule has 0 aromatic heterocycles. The molecule has 1 saturated heterocycles. The Labute approximate surface area is 110 Å².